The van der Waals surface area contributed by atoms with E-state index in [1.165, 1.54) is 18.2 Å². The summed E-state index contributed by atoms with van der Waals surface area (Å²) < 4.78 is 49.5. The Morgan fingerprint density at radius 1 is 1.43 bits per heavy atom. The van der Waals surface area contributed by atoms with Crippen LogP contribution in [0.5, 0.6) is 0 Å². The molecule has 1 atom stereocenters. The highest BCUT2D eigenvalue weighted by atomic mass is 32.2. The zero-order chi connectivity index (χ0) is 15.7. The van der Waals surface area contributed by atoms with Gasteiger partial charge in [-0.2, -0.15) is 4.31 Å². The SMILES string of the molecule is C#CCN(C1CCS(=O)(=O)C1)S(=O)(=O)c1cccc(N)c1. The van der Waals surface area contributed by atoms with Gasteiger partial charge in [0.25, 0.3) is 0 Å². The molecule has 0 radical (unpaired) electrons. The second-order valence-electron chi connectivity index (χ2n) is 4.88. The summed E-state index contributed by atoms with van der Waals surface area (Å²) in [6, 6.07) is 5.23. The number of nitrogen functional groups attached to an aromatic ring is 1. The Morgan fingerprint density at radius 3 is 2.67 bits per heavy atom. The van der Waals surface area contributed by atoms with Crippen molar-refractivity contribution < 1.29 is 16.8 Å². The van der Waals surface area contributed by atoms with Crippen molar-refractivity contribution in [3.05, 3.63) is 24.3 Å². The minimum Gasteiger partial charge on any atom is -0.399 e. The highest BCUT2D eigenvalue weighted by Gasteiger charge is 2.38. The van der Waals surface area contributed by atoms with Crippen LogP contribution in [-0.2, 0) is 19.9 Å². The number of sulfone groups is 1. The number of rotatable bonds is 4. The van der Waals surface area contributed by atoms with Crippen molar-refractivity contribution in [2.45, 2.75) is 17.4 Å². The normalized spacial score (nSPS) is 21.2. The molecular weight excluding hydrogens is 312 g/mol. The quantitative estimate of drug-likeness (QED) is 0.623. The second kappa shape index (κ2) is 5.67. The summed E-state index contributed by atoms with van der Waals surface area (Å²) in [4.78, 5) is 0.0158. The third kappa shape index (κ3) is 3.37. The van der Waals surface area contributed by atoms with Crippen LogP contribution in [0, 0.1) is 12.3 Å². The molecule has 0 amide bonds. The molecule has 21 heavy (non-hydrogen) atoms. The number of anilines is 1. The first-order valence-corrected chi connectivity index (χ1v) is 9.54. The Balaban J connectivity index is 2.40. The van der Waals surface area contributed by atoms with Crippen molar-refractivity contribution >= 4 is 25.5 Å². The number of nitrogens with zero attached hydrogens (tertiary/aromatic N) is 1. The summed E-state index contributed by atoms with van der Waals surface area (Å²) in [6.07, 6.45) is 5.49. The molecule has 0 bridgehead atoms. The van der Waals surface area contributed by atoms with Crippen molar-refractivity contribution in [1.29, 1.82) is 0 Å². The number of hydrogen-bond acceptors (Lipinski definition) is 5. The molecule has 0 aromatic heterocycles. The fourth-order valence-corrected chi connectivity index (χ4v) is 5.76. The Hall–Kier alpha value is -1.56. The van der Waals surface area contributed by atoms with Crippen LogP contribution in [0.2, 0.25) is 0 Å². The molecule has 1 heterocycles. The molecule has 1 aromatic carbocycles. The van der Waals surface area contributed by atoms with Crippen LogP contribution < -0.4 is 5.73 Å². The minimum absolute atomic E-state index is 0.0158. The van der Waals surface area contributed by atoms with Gasteiger partial charge in [0.2, 0.25) is 10.0 Å². The minimum atomic E-state index is -3.87. The van der Waals surface area contributed by atoms with Gasteiger partial charge in [-0.15, -0.1) is 6.42 Å². The molecule has 114 valence electrons. The van der Waals surface area contributed by atoms with Crippen LogP contribution in [-0.4, -0.2) is 45.2 Å². The van der Waals surface area contributed by atoms with E-state index in [9.17, 15) is 16.8 Å². The first-order valence-electron chi connectivity index (χ1n) is 6.27. The number of nitrogens with two attached hydrogens (primary N) is 1. The maximum atomic E-state index is 12.7. The zero-order valence-electron chi connectivity index (χ0n) is 11.3. The van der Waals surface area contributed by atoms with E-state index in [4.69, 9.17) is 12.2 Å². The maximum Gasteiger partial charge on any atom is 0.244 e. The molecule has 2 N–H and O–H groups in total. The van der Waals surface area contributed by atoms with Crippen LogP contribution in [0.1, 0.15) is 6.42 Å². The van der Waals surface area contributed by atoms with Gasteiger partial charge >= 0.3 is 0 Å². The third-order valence-corrected chi connectivity index (χ3v) is 6.97. The second-order valence-corrected chi connectivity index (χ2v) is 9.00. The van der Waals surface area contributed by atoms with Gasteiger partial charge in [-0.1, -0.05) is 12.0 Å². The van der Waals surface area contributed by atoms with E-state index in [0.717, 1.165) is 4.31 Å². The summed E-state index contributed by atoms with van der Waals surface area (Å²) in [5, 5.41) is 0. The predicted molar refractivity (Wildman–Crippen MR) is 80.6 cm³/mol. The molecule has 1 aliphatic rings. The van der Waals surface area contributed by atoms with E-state index in [0.29, 0.717) is 5.69 Å². The number of benzene rings is 1. The molecule has 8 heteroatoms. The number of terminal acetylenes is 1. The van der Waals surface area contributed by atoms with Gasteiger partial charge in [0, 0.05) is 11.7 Å². The van der Waals surface area contributed by atoms with Gasteiger partial charge in [0.15, 0.2) is 9.84 Å². The zero-order valence-corrected chi connectivity index (χ0v) is 12.9. The maximum absolute atomic E-state index is 12.7. The van der Waals surface area contributed by atoms with Gasteiger partial charge < -0.3 is 5.73 Å². The number of sulfonamides is 1. The van der Waals surface area contributed by atoms with Gasteiger partial charge in [-0.05, 0) is 24.6 Å². The Morgan fingerprint density at radius 2 is 2.14 bits per heavy atom. The van der Waals surface area contributed by atoms with Gasteiger partial charge in [0.05, 0.1) is 22.9 Å². The average molecular weight is 328 g/mol. The highest BCUT2D eigenvalue weighted by Crippen LogP contribution is 2.25. The lowest BCUT2D eigenvalue weighted by molar-refractivity contribution is 0.371. The molecule has 1 aliphatic heterocycles. The molecule has 1 aromatic rings. The monoisotopic (exact) mass is 328 g/mol. The van der Waals surface area contributed by atoms with Gasteiger partial charge in [0.1, 0.15) is 0 Å². The molecule has 0 spiro atoms. The molecule has 6 nitrogen and oxygen atoms in total. The standard InChI is InChI=1S/C13H16N2O4S2/c1-2-7-15(12-6-8-20(16,17)10-12)21(18,19)13-5-3-4-11(14)9-13/h1,3-5,9,12H,6-8,10,14H2. The topological polar surface area (TPSA) is 97.5 Å². The lowest BCUT2D eigenvalue weighted by Crippen LogP contribution is -2.41. The van der Waals surface area contributed by atoms with E-state index in [2.05, 4.69) is 5.92 Å². The Kier molecular flexibility index (Phi) is 4.27. The van der Waals surface area contributed by atoms with Crippen LogP contribution >= 0.6 is 0 Å². The Labute approximate surface area is 124 Å². The van der Waals surface area contributed by atoms with Crippen LogP contribution in [0.4, 0.5) is 5.69 Å². The van der Waals surface area contributed by atoms with E-state index >= 15 is 0 Å². The van der Waals surface area contributed by atoms with Gasteiger partial charge in [-0.25, -0.2) is 16.8 Å². The van der Waals surface area contributed by atoms with Crippen molar-refractivity contribution in [1.82, 2.24) is 4.31 Å². The van der Waals surface area contributed by atoms with E-state index in [1.54, 1.807) is 6.07 Å². The summed E-state index contributed by atoms with van der Waals surface area (Å²) >= 11 is 0. The van der Waals surface area contributed by atoms with Crippen molar-refractivity contribution in [3.8, 4) is 12.3 Å². The summed E-state index contributed by atoms with van der Waals surface area (Å²) in [5.74, 6) is 2.06. The van der Waals surface area contributed by atoms with Crippen molar-refractivity contribution in [3.63, 3.8) is 0 Å². The molecule has 0 saturated carbocycles. The molecular formula is C13H16N2O4S2. The first kappa shape index (κ1) is 15.8. The first-order chi connectivity index (χ1) is 9.76. The predicted octanol–water partition coefficient (Wildman–Crippen LogP) is 0.0798. The molecule has 1 fully saturated rings. The summed E-state index contributed by atoms with van der Waals surface area (Å²) in [7, 11) is -7.08. The number of hydrogen-bond donors (Lipinski definition) is 1. The lowest BCUT2D eigenvalue weighted by Gasteiger charge is -2.25. The van der Waals surface area contributed by atoms with Crippen molar-refractivity contribution in [2.24, 2.45) is 0 Å². The largest absolute Gasteiger partial charge is 0.399 e. The van der Waals surface area contributed by atoms with Crippen LogP contribution in [0.25, 0.3) is 0 Å². The lowest BCUT2D eigenvalue weighted by atomic mass is 10.3. The summed E-state index contributed by atoms with van der Waals surface area (Å²) in [5.41, 5.74) is 5.92. The van der Waals surface area contributed by atoms with E-state index in [1.807, 2.05) is 0 Å². The smallest absolute Gasteiger partial charge is 0.244 e. The average Bonchev–Trinajstić information content (AvgIpc) is 2.75. The summed E-state index contributed by atoms with van der Waals surface area (Å²) in [6.45, 7) is -0.169. The van der Waals surface area contributed by atoms with Crippen LogP contribution in [0.15, 0.2) is 29.2 Å². The van der Waals surface area contributed by atoms with Gasteiger partial charge in [-0.3, -0.25) is 0 Å². The highest BCUT2D eigenvalue weighted by molar-refractivity contribution is 7.92. The third-order valence-electron chi connectivity index (χ3n) is 3.33. The van der Waals surface area contributed by atoms with E-state index in [-0.39, 0.29) is 29.4 Å². The fourth-order valence-electron chi connectivity index (χ4n) is 2.31. The molecule has 1 saturated heterocycles. The van der Waals surface area contributed by atoms with Crippen LogP contribution in [0.3, 0.4) is 0 Å². The van der Waals surface area contributed by atoms with Crippen molar-refractivity contribution in [2.75, 3.05) is 23.8 Å². The molecule has 1 unspecified atom stereocenters. The molecule has 0 aliphatic carbocycles. The Bertz CT molecular complexity index is 779. The fraction of sp³-hybridized carbons (Fsp3) is 0.385. The van der Waals surface area contributed by atoms with E-state index < -0.39 is 25.9 Å². The molecule has 2 rings (SSSR count).